The van der Waals surface area contributed by atoms with Crippen molar-refractivity contribution in [3.8, 4) is 0 Å². The van der Waals surface area contributed by atoms with E-state index in [1.54, 1.807) is 0 Å². The number of carbonyl (C=O) groups is 1. The Balaban J connectivity index is 1.61. The van der Waals surface area contributed by atoms with E-state index >= 15 is 0 Å². The summed E-state index contributed by atoms with van der Waals surface area (Å²) in [5.74, 6) is -0.117. The van der Waals surface area contributed by atoms with Gasteiger partial charge in [-0.05, 0) is 21.8 Å². The Morgan fingerprint density at radius 2 is 1.36 bits per heavy atom. The second-order valence-electron chi connectivity index (χ2n) is 6.09. The Bertz CT molecular complexity index is 860. The van der Waals surface area contributed by atoms with Crippen molar-refractivity contribution in [1.82, 2.24) is 10.6 Å². The van der Waals surface area contributed by atoms with Crippen molar-refractivity contribution in [1.29, 1.82) is 0 Å². The molecule has 0 unspecified atom stereocenters. The Labute approximate surface area is 164 Å². The van der Waals surface area contributed by atoms with Crippen LogP contribution in [0.5, 0.6) is 0 Å². The van der Waals surface area contributed by atoms with Crippen LogP contribution in [-0.2, 0) is 11.4 Å². The molecule has 0 fully saturated rings. The molecule has 142 valence electrons. The topological polar surface area (TPSA) is 88.7 Å². The summed E-state index contributed by atoms with van der Waals surface area (Å²) >= 11 is 0. The van der Waals surface area contributed by atoms with Crippen LogP contribution in [0.15, 0.2) is 96.2 Å². The molecule has 2 amide bonds. The van der Waals surface area contributed by atoms with Gasteiger partial charge in [0.25, 0.3) is 0 Å². The minimum absolute atomic E-state index is 0.117. The zero-order chi connectivity index (χ0) is 19.6. The van der Waals surface area contributed by atoms with E-state index < -0.39 is 6.03 Å². The van der Waals surface area contributed by atoms with Crippen LogP contribution in [0.3, 0.4) is 0 Å². The average molecular weight is 374 g/mol. The highest BCUT2D eigenvalue weighted by molar-refractivity contribution is 5.95. The van der Waals surface area contributed by atoms with E-state index in [9.17, 15) is 4.79 Å². The molecule has 3 rings (SSSR count). The summed E-state index contributed by atoms with van der Waals surface area (Å²) in [5.41, 5.74) is 8.62. The molecule has 0 aliphatic carbocycles. The Kier molecular flexibility index (Phi) is 6.62. The van der Waals surface area contributed by atoms with Gasteiger partial charge in [-0.1, -0.05) is 91.0 Å². The number of hydrogen-bond donors (Lipinski definition) is 3. The molecule has 3 aromatic rings. The molecule has 0 spiro atoms. The summed E-state index contributed by atoms with van der Waals surface area (Å²) in [5, 5.41) is 9.15. The standard InChI is InChI=1S/C22H22N4O2/c23-21(26-28-16-17-10-4-1-5-11-17)25-22(27)24-20(18-12-6-2-7-13-18)19-14-8-3-9-15-19/h1-15,20H,16H2,(H4,23,24,25,26,27). The van der Waals surface area contributed by atoms with Crippen LogP contribution in [0, 0.1) is 0 Å². The highest BCUT2D eigenvalue weighted by Gasteiger charge is 2.16. The first-order valence-electron chi connectivity index (χ1n) is 8.89. The van der Waals surface area contributed by atoms with E-state index in [2.05, 4.69) is 15.8 Å². The van der Waals surface area contributed by atoms with Crippen molar-refractivity contribution in [2.24, 2.45) is 10.9 Å². The minimum atomic E-state index is -0.470. The first kappa shape index (κ1) is 19.0. The minimum Gasteiger partial charge on any atom is -0.388 e. The maximum Gasteiger partial charge on any atom is 0.322 e. The largest absolute Gasteiger partial charge is 0.388 e. The average Bonchev–Trinajstić information content (AvgIpc) is 2.74. The van der Waals surface area contributed by atoms with Crippen molar-refractivity contribution in [2.45, 2.75) is 12.6 Å². The lowest BCUT2D eigenvalue weighted by molar-refractivity contribution is 0.129. The van der Waals surface area contributed by atoms with Crippen molar-refractivity contribution >= 4 is 12.0 Å². The number of guanidine groups is 1. The molecule has 0 atom stereocenters. The monoisotopic (exact) mass is 374 g/mol. The number of rotatable bonds is 6. The van der Waals surface area contributed by atoms with Crippen LogP contribution in [0.25, 0.3) is 0 Å². The van der Waals surface area contributed by atoms with Gasteiger partial charge in [0.15, 0.2) is 0 Å². The predicted octanol–water partition coefficient (Wildman–Crippen LogP) is 3.52. The third kappa shape index (κ3) is 5.60. The lowest BCUT2D eigenvalue weighted by Gasteiger charge is -2.20. The van der Waals surface area contributed by atoms with E-state index in [4.69, 9.17) is 10.6 Å². The van der Waals surface area contributed by atoms with Crippen LogP contribution < -0.4 is 16.4 Å². The van der Waals surface area contributed by atoms with Crippen LogP contribution in [0.4, 0.5) is 4.79 Å². The second kappa shape index (κ2) is 9.78. The molecule has 6 heteroatoms. The molecule has 6 nitrogen and oxygen atoms in total. The molecular weight excluding hydrogens is 352 g/mol. The number of benzene rings is 3. The number of nitrogens with one attached hydrogen (secondary N) is 2. The first-order valence-corrected chi connectivity index (χ1v) is 8.89. The van der Waals surface area contributed by atoms with E-state index in [1.165, 1.54) is 0 Å². The Morgan fingerprint density at radius 1 is 0.857 bits per heavy atom. The van der Waals surface area contributed by atoms with Gasteiger partial charge in [-0.25, -0.2) is 4.79 Å². The maximum atomic E-state index is 12.4. The molecule has 0 radical (unpaired) electrons. The zero-order valence-corrected chi connectivity index (χ0v) is 15.3. The Morgan fingerprint density at radius 3 is 1.89 bits per heavy atom. The van der Waals surface area contributed by atoms with Crippen molar-refractivity contribution in [3.63, 3.8) is 0 Å². The fourth-order valence-electron chi connectivity index (χ4n) is 2.71. The lowest BCUT2D eigenvalue weighted by Crippen LogP contribution is -2.44. The van der Waals surface area contributed by atoms with Crippen LogP contribution >= 0.6 is 0 Å². The fourth-order valence-corrected chi connectivity index (χ4v) is 2.71. The van der Waals surface area contributed by atoms with Gasteiger partial charge in [0, 0.05) is 0 Å². The molecule has 3 aromatic carbocycles. The summed E-state index contributed by atoms with van der Waals surface area (Å²) < 4.78 is 0. The molecule has 4 N–H and O–H groups in total. The van der Waals surface area contributed by atoms with Crippen molar-refractivity contribution in [3.05, 3.63) is 108 Å². The predicted molar refractivity (Wildman–Crippen MR) is 109 cm³/mol. The van der Waals surface area contributed by atoms with Gasteiger partial charge in [0.05, 0.1) is 6.04 Å². The van der Waals surface area contributed by atoms with Gasteiger partial charge in [-0.3, -0.25) is 5.32 Å². The van der Waals surface area contributed by atoms with Gasteiger partial charge < -0.3 is 15.9 Å². The summed E-state index contributed by atoms with van der Waals surface area (Å²) in [6.07, 6.45) is 0. The molecule has 0 saturated heterocycles. The molecule has 0 bridgehead atoms. The number of carbonyl (C=O) groups excluding carboxylic acids is 1. The summed E-state index contributed by atoms with van der Waals surface area (Å²) in [7, 11) is 0. The van der Waals surface area contributed by atoms with Gasteiger partial charge in [-0.2, -0.15) is 0 Å². The first-order chi connectivity index (χ1) is 13.7. The molecule has 28 heavy (non-hydrogen) atoms. The number of urea groups is 1. The fraction of sp³-hybridized carbons (Fsp3) is 0.0909. The molecule has 0 aromatic heterocycles. The van der Waals surface area contributed by atoms with Crippen LogP contribution in [0.1, 0.15) is 22.7 Å². The van der Waals surface area contributed by atoms with E-state index in [1.807, 2.05) is 91.0 Å². The van der Waals surface area contributed by atoms with Crippen LogP contribution in [0.2, 0.25) is 0 Å². The molecule has 0 aliphatic heterocycles. The molecule has 0 heterocycles. The third-order valence-electron chi connectivity index (χ3n) is 4.02. The van der Waals surface area contributed by atoms with Crippen molar-refractivity contribution in [2.75, 3.05) is 0 Å². The second-order valence-corrected chi connectivity index (χ2v) is 6.09. The van der Waals surface area contributed by atoms with E-state index in [0.29, 0.717) is 0 Å². The summed E-state index contributed by atoms with van der Waals surface area (Å²) in [4.78, 5) is 17.6. The highest BCUT2D eigenvalue weighted by atomic mass is 16.6. The van der Waals surface area contributed by atoms with E-state index in [-0.39, 0.29) is 18.6 Å². The molecule has 0 aliphatic rings. The number of hydrogen-bond acceptors (Lipinski definition) is 3. The van der Waals surface area contributed by atoms with Gasteiger partial charge in [-0.15, -0.1) is 0 Å². The number of nitrogens with zero attached hydrogens (tertiary/aromatic N) is 1. The Hall–Kier alpha value is -3.80. The normalized spacial score (nSPS) is 11.1. The van der Waals surface area contributed by atoms with Crippen LogP contribution in [-0.4, -0.2) is 12.0 Å². The summed E-state index contributed by atoms with van der Waals surface area (Å²) in [6.45, 7) is 0.265. The number of oxime groups is 1. The molecule has 0 saturated carbocycles. The van der Waals surface area contributed by atoms with Gasteiger partial charge >= 0.3 is 6.03 Å². The van der Waals surface area contributed by atoms with Gasteiger partial charge in [0.2, 0.25) is 5.96 Å². The SMILES string of the molecule is N/C(=N/OCc1ccccc1)NC(=O)NC(c1ccccc1)c1ccccc1. The zero-order valence-electron chi connectivity index (χ0n) is 15.3. The maximum absolute atomic E-state index is 12.4. The summed E-state index contributed by atoms with van der Waals surface area (Å²) in [6, 6.07) is 28.2. The molecular formula is C22H22N4O2. The third-order valence-corrected chi connectivity index (χ3v) is 4.02. The highest BCUT2D eigenvalue weighted by Crippen LogP contribution is 2.21. The quantitative estimate of drug-likeness (QED) is 0.350. The number of amides is 2. The smallest absolute Gasteiger partial charge is 0.322 e. The van der Waals surface area contributed by atoms with Gasteiger partial charge in [0.1, 0.15) is 6.61 Å². The van der Waals surface area contributed by atoms with Crippen molar-refractivity contribution < 1.29 is 9.63 Å². The number of nitrogens with two attached hydrogens (primary N) is 1. The van der Waals surface area contributed by atoms with E-state index in [0.717, 1.165) is 16.7 Å². The lowest BCUT2D eigenvalue weighted by atomic mass is 9.99.